The number of methoxy groups -OCH3 is 1. The molecular formula is C28H26FN3O3. The summed E-state index contributed by atoms with van der Waals surface area (Å²) in [5, 5.41) is 4.76. The first kappa shape index (κ1) is 22.7. The average Bonchev–Trinajstić information content (AvgIpc) is 3.68. The van der Waals surface area contributed by atoms with Crippen LogP contribution >= 0.6 is 0 Å². The molecule has 0 unspecified atom stereocenters. The molecule has 1 heterocycles. The molecule has 0 atom stereocenters. The van der Waals surface area contributed by atoms with E-state index in [1.165, 1.54) is 12.1 Å². The summed E-state index contributed by atoms with van der Waals surface area (Å²) in [5.41, 5.74) is 2.73. The molecule has 3 aromatic carbocycles. The molecule has 1 amide bonds. The Morgan fingerprint density at radius 1 is 1.03 bits per heavy atom. The number of carbonyl (C=O) groups is 1. The van der Waals surface area contributed by atoms with Gasteiger partial charge in [-0.2, -0.15) is 5.10 Å². The number of rotatable bonds is 8. The topological polar surface area (TPSA) is 56.6 Å². The Morgan fingerprint density at radius 2 is 1.77 bits per heavy atom. The lowest BCUT2D eigenvalue weighted by molar-refractivity contribution is 0.0728. The summed E-state index contributed by atoms with van der Waals surface area (Å²) in [5.74, 6) is 1.16. The molecule has 5 rings (SSSR count). The molecule has 0 N–H and O–H groups in total. The van der Waals surface area contributed by atoms with Crippen molar-refractivity contribution in [1.82, 2.24) is 14.7 Å². The van der Waals surface area contributed by atoms with E-state index >= 15 is 0 Å². The van der Waals surface area contributed by atoms with Crippen molar-refractivity contribution < 1.29 is 18.7 Å². The van der Waals surface area contributed by atoms with Gasteiger partial charge in [0.1, 0.15) is 17.3 Å². The Kier molecular flexibility index (Phi) is 6.23. The van der Waals surface area contributed by atoms with Crippen LogP contribution in [-0.4, -0.2) is 33.7 Å². The van der Waals surface area contributed by atoms with Crippen LogP contribution in [0.15, 0.2) is 78.9 Å². The van der Waals surface area contributed by atoms with Gasteiger partial charge < -0.3 is 14.4 Å². The molecule has 0 saturated heterocycles. The van der Waals surface area contributed by atoms with E-state index in [0.29, 0.717) is 29.5 Å². The van der Waals surface area contributed by atoms with E-state index in [0.717, 1.165) is 29.8 Å². The van der Waals surface area contributed by atoms with E-state index in [1.54, 1.807) is 34.9 Å². The highest BCUT2D eigenvalue weighted by Gasteiger charge is 2.35. The van der Waals surface area contributed by atoms with Gasteiger partial charge in [-0.3, -0.25) is 4.79 Å². The molecular weight excluding hydrogens is 445 g/mol. The van der Waals surface area contributed by atoms with E-state index in [2.05, 4.69) is 0 Å². The molecule has 1 aromatic heterocycles. The summed E-state index contributed by atoms with van der Waals surface area (Å²) in [6, 6.07) is 23.0. The average molecular weight is 472 g/mol. The molecule has 1 aliphatic rings. The van der Waals surface area contributed by atoms with Crippen LogP contribution in [0.5, 0.6) is 17.4 Å². The van der Waals surface area contributed by atoms with Gasteiger partial charge in [0, 0.05) is 17.7 Å². The number of amides is 1. The predicted octanol–water partition coefficient (Wildman–Crippen LogP) is 5.93. The first-order valence-corrected chi connectivity index (χ1v) is 11.6. The minimum atomic E-state index is -0.429. The number of aryl methyl sites for hydroxylation is 1. The number of hydrogen-bond acceptors (Lipinski definition) is 4. The first-order chi connectivity index (χ1) is 17.0. The molecule has 1 fully saturated rings. The van der Waals surface area contributed by atoms with Gasteiger partial charge in [-0.15, -0.1) is 0 Å². The fourth-order valence-electron chi connectivity index (χ4n) is 4.06. The molecule has 4 aromatic rings. The third kappa shape index (κ3) is 4.89. The van der Waals surface area contributed by atoms with Gasteiger partial charge in [-0.05, 0) is 62.2 Å². The van der Waals surface area contributed by atoms with E-state index in [-0.39, 0.29) is 11.9 Å². The van der Waals surface area contributed by atoms with Gasteiger partial charge in [0.15, 0.2) is 0 Å². The van der Waals surface area contributed by atoms with Crippen molar-refractivity contribution in [1.29, 1.82) is 0 Å². The van der Waals surface area contributed by atoms with E-state index < -0.39 is 5.82 Å². The fraction of sp³-hybridized carbons (Fsp3) is 0.214. The van der Waals surface area contributed by atoms with Crippen molar-refractivity contribution in [2.24, 2.45) is 0 Å². The summed E-state index contributed by atoms with van der Waals surface area (Å²) in [6.45, 7) is 2.21. The second-order valence-corrected chi connectivity index (χ2v) is 8.57. The maximum atomic E-state index is 13.8. The minimum absolute atomic E-state index is 0.106. The summed E-state index contributed by atoms with van der Waals surface area (Å²) < 4.78 is 27.3. The number of nitrogens with zero attached hydrogens (tertiary/aromatic N) is 3. The zero-order valence-corrected chi connectivity index (χ0v) is 19.6. The lowest BCUT2D eigenvalue weighted by atomic mass is 10.1. The van der Waals surface area contributed by atoms with Gasteiger partial charge in [0.25, 0.3) is 5.91 Å². The number of ether oxygens (including phenoxy) is 2. The smallest absolute Gasteiger partial charge is 0.254 e. The highest BCUT2D eigenvalue weighted by Crippen LogP contribution is 2.36. The molecule has 0 bridgehead atoms. The SMILES string of the molecule is COc1cccc(Oc2c(CN(C(=O)c3cccc(F)c3)C3CC3)c(C)nn2-c2ccccc2)c1. The normalized spacial score (nSPS) is 12.9. The summed E-state index contributed by atoms with van der Waals surface area (Å²) in [4.78, 5) is 15.2. The number of hydrogen-bond donors (Lipinski definition) is 0. The van der Waals surface area contributed by atoms with Crippen molar-refractivity contribution >= 4 is 5.91 Å². The Morgan fingerprint density at radius 3 is 2.49 bits per heavy atom. The number of halogens is 1. The second kappa shape index (κ2) is 9.62. The van der Waals surface area contributed by atoms with Crippen molar-refractivity contribution in [2.75, 3.05) is 7.11 Å². The van der Waals surface area contributed by atoms with E-state index in [1.807, 2.05) is 55.5 Å². The zero-order chi connectivity index (χ0) is 24.4. The summed E-state index contributed by atoms with van der Waals surface area (Å²) in [7, 11) is 1.61. The maximum absolute atomic E-state index is 13.8. The number of para-hydroxylation sites is 1. The Balaban J connectivity index is 1.55. The summed E-state index contributed by atoms with van der Waals surface area (Å²) >= 11 is 0. The Bertz CT molecular complexity index is 1350. The largest absolute Gasteiger partial charge is 0.497 e. The Hall–Kier alpha value is -4.13. The molecule has 35 heavy (non-hydrogen) atoms. The molecule has 1 aliphatic carbocycles. The van der Waals surface area contributed by atoms with Crippen LogP contribution in [0.2, 0.25) is 0 Å². The van der Waals surface area contributed by atoms with Crippen molar-refractivity contribution in [3.63, 3.8) is 0 Å². The van der Waals surface area contributed by atoms with Crippen LogP contribution in [0, 0.1) is 12.7 Å². The third-order valence-corrected chi connectivity index (χ3v) is 6.04. The molecule has 7 heteroatoms. The quantitative estimate of drug-likeness (QED) is 0.320. The summed E-state index contributed by atoms with van der Waals surface area (Å²) in [6.07, 6.45) is 1.83. The van der Waals surface area contributed by atoms with Gasteiger partial charge in [0.2, 0.25) is 5.88 Å². The molecule has 1 saturated carbocycles. The van der Waals surface area contributed by atoms with Gasteiger partial charge in [0.05, 0.1) is 30.6 Å². The molecule has 178 valence electrons. The van der Waals surface area contributed by atoms with Gasteiger partial charge >= 0.3 is 0 Å². The lowest BCUT2D eigenvalue weighted by Gasteiger charge is -2.23. The molecule has 6 nitrogen and oxygen atoms in total. The van der Waals surface area contributed by atoms with Crippen LogP contribution in [0.3, 0.4) is 0 Å². The highest BCUT2D eigenvalue weighted by atomic mass is 19.1. The zero-order valence-electron chi connectivity index (χ0n) is 19.6. The van der Waals surface area contributed by atoms with Crippen LogP contribution in [0.1, 0.15) is 34.5 Å². The molecule has 0 spiro atoms. The van der Waals surface area contributed by atoms with Crippen LogP contribution < -0.4 is 9.47 Å². The molecule has 0 radical (unpaired) electrons. The minimum Gasteiger partial charge on any atom is -0.497 e. The number of aromatic nitrogens is 2. The maximum Gasteiger partial charge on any atom is 0.254 e. The van der Waals surface area contributed by atoms with E-state index in [4.69, 9.17) is 14.6 Å². The monoisotopic (exact) mass is 471 g/mol. The van der Waals surface area contributed by atoms with Crippen molar-refractivity contribution in [2.45, 2.75) is 32.4 Å². The number of carbonyl (C=O) groups excluding carboxylic acids is 1. The van der Waals surface area contributed by atoms with Crippen molar-refractivity contribution in [3.05, 3.63) is 102 Å². The highest BCUT2D eigenvalue weighted by molar-refractivity contribution is 5.94. The van der Waals surface area contributed by atoms with Crippen LogP contribution in [0.4, 0.5) is 4.39 Å². The standard InChI is InChI=1S/C28H26FN3O3/c1-19-26(18-31(22-14-15-22)27(33)20-8-6-9-21(29)16-20)28(32(30-19)23-10-4-3-5-11-23)35-25-13-7-12-24(17-25)34-2/h3-13,16-17,22H,14-15,18H2,1-2H3. The van der Waals surface area contributed by atoms with E-state index in [9.17, 15) is 9.18 Å². The predicted molar refractivity (Wildman–Crippen MR) is 131 cm³/mol. The van der Waals surface area contributed by atoms with Gasteiger partial charge in [-0.1, -0.05) is 30.3 Å². The van der Waals surface area contributed by atoms with Crippen LogP contribution in [0.25, 0.3) is 5.69 Å². The number of benzene rings is 3. The third-order valence-electron chi connectivity index (χ3n) is 6.04. The van der Waals surface area contributed by atoms with Crippen molar-refractivity contribution in [3.8, 4) is 23.1 Å². The van der Waals surface area contributed by atoms with Gasteiger partial charge in [-0.25, -0.2) is 9.07 Å². The Labute approximate surface area is 203 Å². The molecule has 0 aliphatic heterocycles. The first-order valence-electron chi connectivity index (χ1n) is 11.6. The lowest BCUT2D eigenvalue weighted by Crippen LogP contribution is -2.33. The van der Waals surface area contributed by atoms with Crippen LogP contribution in [-0.2, 0) is 6.54 Å². The fourth-order valence-corrected chi connectivity index (χ4v) is 4.06. The second-order valence-electron chi connectivity index (χ2n) is 8.57.